The highest BCUT2D eigenvalue weighted by Gasteiger charge is 2.19. The van der Waals surface area contributed by atoms with Gasteiger partial charge in [0.1, 0.15) is 6.04 Å². The minimum atomic E-state index is -1.13. The predicted octanol–water partition coefficient (Wildman–Crippen LogP) is 1.67. The molecule has 1 amide bonds. The van der Waals surface area contributed by atoms with Gasteiger partial charge in [0.25, 0.3) is 5.91 Å². The van der Waals surface area contributed by atoms with Crippen molar-refractivity contribution in [3.63, 3.8) is 0 Å². The Morgan fingerprint density at radius 2 is 2.00 bits per heavy atom. The van der Waals surface area contributed by atoms with Crippen molar-refractivity contribution in [2.45, 2.75) is 13.0 Å². The summed E-state index contributed by atoms with van der Waals surface area (Å²) in [5, 5.41) is 15.5. The lowest BCUT2D eigenvalue weighted by Crippen LogP contribution is -2.25. The average Bonchev–Trinajstić information content (AvgIpc) is 3.13. The Hall–Kier alpha value is -3.16. The summed E-state index contributed by atoms with van der Waals surface area (Å²) in [5.74, 6) is -1.04. The Bertz CT molecular complexity index is 896. The van der Waals surface area contributed by atoms with Crippen molar-refractivity contribution < 1.29 is 14.7 Å². The number of aromatic nitrogens is 4. The number of nitrogens with zero attached hydrogens (tertiary/aromatic N) is 4. The van der Waals surface area contributed by atoms with Crippen LogP contribution in [0.25, 0.3) is 11.0 Å². The SMILES string of the molecule is CC(C(=O)Nc1nc2ccccc2n1C)n1ccc(C(=O)O)n1. The first-order valence-electron chi connectivity index (χ1n) is 6.98. The number of amides is 1. The third kappa shape index (κ3) is 2.66. The van der Waals surface area contributed by atoms with Crippen molar-refractivity contribution in [2.75, 3.05) is 5.32 Å². The summed E-state index contributed by atoms with van der Waals surface area (Å²) in [5.41, 5.74) is 1.58. The average molecular weight is 313 g/mol. The van der Waals surface area contributed by atoms with Gasteiger partial charge in [-0.2, -0.15) is 5.10 Å². The van der Waals surface area contributed by atoms with Crippen molar-refractivity contribution in [3.05, 3.63) is 42.2 Å². The highest BCUT2D eigenvalue weighted by Crippen LogP contribution is 2.18. The van der Waals surface area contributed by atoms with Crippen LogP contribution in [-0.2, 0) is 11.8 Å². The maximum atomic E-state index is 12.3. The van der Waals surface area contributed by atoms with Crippen LogP contribution in [0.5, 0.6) is 0 Å². The molecule has 0 spiro atoms. The number of nitrogens with one attached hydrogen (secondary N) is 1. The summed E-state index contributed by atoms with van der Waals surface area (Å²) in [6.07, 6.45) is 1.46. The Labute approximate surface area is 131 Å². The molecule has 23 heavy (non-hydrogen) atoms. The van der Waals surface area contributed by atoms with Gasteiger partial charge < -0.3 is 9.67 Å². The molecule has 1 aromatic carbocycles. The molecule has 8 heteroatoms. The van der Waals surface area contributed by atoms with Gasteiger partial charge in [-0.15, -0.1) is 0 Å². The number of benzene rings is 1. The molecule has 3 rings (SSSR count). The van der Waals surface area contributed by atoms with E-state index in [1.165, 1.54) is 16.9 Å². The van der Waals surface area contributed by atoms with Gasteiger partial charge in [-0.1, -0.05) is 12.1 Å². The lowest BCUT2D eigenvalue weighted by Gasteiger charge is -2.12. The van der Waals surface area contributed by atoms with E-state index in [0.29, 0.717) is 5.95 Å². The minimum absolute atomic E-state index is 0.104. The molecule has 118 valence electrons. The molecule has 2 aromatic heterocycles. The number of carbonyl (C=O) groups excluding carboxylic acids is 1. The zero-order valence-corrected chi connectivity index (χ0v) is 12.6. The molecule has 3 aromatic rings. The zero-order chi connectivity index (χ0) is 16.6. The predicted molar refractivity (Wildman–Crippen MR) is 83.2 cm³/mol. The number of aromatic carboxylic acids is 1. The van der Waals surface area contributed by atoms with E-state index in [1.807, 2.05) is 31.3 Å². The molecule has 2 N–H and O–H groups in total. The number of carboxylic acids is 1. The van der Waals surface area contributed by atoms with Gasteiger partial charge in [-0.25, -0.2) is 9.78 Å². The van der Waals surface area contributed by atoms with Crippen LogP contribution < -0.4 is 5.32 Å². The number of rotatable bonds is 4. The van der Waals surface area contributed by atoms with E-state index >= 15 is 0 Å². The lowest BCUT2D eigenvalue weighted by molar-refractivity contribution is -0.119. The molecular weight excluding hydrogens is 298 g/mol. The summed E-state index contributed by atoms with van der Waals surface area (Å²) in [6, 6.07) is 8.23. The van der Waals surface area contributed by atoms with E-state index in [1.54, 1.807) is 11.5 Å². The van der Waals surface area contributed by atoms with Crippen molar-refractivity contribution in [1.29, 1.82) is 0 Å². The van der Waals surface area contributed by atoms with E-state index < -0.39 is 12.0 Å². The number of hydrogen-bond donors (Lipinski definition) is 2. The van der Waals surface area contributed by atoms with Gasteiger partial charge >= 0.3 is 5.97 Å². The maximum Gasteiger partial charge on any atom is 0.356 e. The molecule has 0 aliphatic rings. The number of carboxylic acid groups (broad SMARTS) is 1. The van der Waals surface area contributed by atoms with Crippen LogP contribution in [-0.4, -0.2) is 36.3 Å². The first-order valence-corrected chi connectivity index (χ1v) is 6.98. The summed E-state index contributed by atoms with van der Waals surface area (Å²) in [7, 11) is 1.81. The van der Waals surface area contributed by atoms with Crippen LogP contribution >= 0.6 is 0 Å². The first-order chi connectivity index (χ1) is 11.0. The number of para-hydroxylation sites is 2. The van der Waals surface area contributed by atoms with Crippen molar-refractivity contribution in [1.82, 2.24) is 19.3 Å². The summed E-state index contributed by atoms with van der Waals surface area (Å²) in [4.78, 5) is 27.6. The zero-order valence-electron chi connectivity index (χ0n) is 12.6. The Morgan fingerprint density at radius 1 is 1.26 bits per heavy atom. The van der Waals surface area contributed by atoms with E-state index in [0.717, 1.165) is 11.0 Å². The van der Waals surface area contributed by atoms with Gasteiger partial charge in [0.05, 0.1) is 11.0 Å². The van der Waals surface area contributed by atoms with Gasteiger partial charge in [-0.05, 0) is 25.1 Å². The largest absolute Gasteiger partial charge is 0.476 e. The second-order valence-electron chi connectivity index (χ2n) is 5.13. The molecule has 0 aliphatic carbocycles. The lowest BCUT2D eigenvalue weighted by atomic mass is 10.3. The number of imidazole rings is 1. The molecule has 0 aliphatic heterocycles. The van der Waals surface area contributed by atoms with E-state index in [-0.39, 0.29) is 11.6 Å². The molecule has 0 radical (unpaired) electrons. The standard InChI is InChI=1S/C15H15N5O3/c1-9(20-8-7-11(18-20)14(22)23)13(21)17-15-16-10-5-3-4-6-12(10)19(15)2/h3-9H,1-2H3,(H,22,23)(H,16,17,21). The maximum absolute atomic E-state index is 12.3. The van der Waals surface area contributed by atoms with E-state index in [2.05, 4.69) is 15.4 Å². The monoisotopic (exact) mass is 313 g/mol. The highest BCUT2D eigenvalue weighted by molar-refractivity contribution is 5.94. The van der Waals surface area contributed by atoms with Gasteiger partial charge in [-0.3, -0.25) is 14.8 Å². The van der Waals surface area contributed by atoms with Gasteiger partial charge in [0.15, 0.2) is 5.69 Å². The molecular formula is C15H15N5O3. The molecule has 0 bridgehead atoms. The smallest absolute Gasteiger partial charge is 0.356 e. The third-order valence-electron chi connectivity index (χ3n) is 3.63. The molecule has 0 fully saturated rings. The number of aryl methyl sites for hydroxylation is 1. The fourth-order valence-electron chi connectivity index (χ4n) is 2.26. The van der Waals surface area contributed by atoms with Crippen LogP contribution in [0.1, 0.15) is 23.5 Å². The summed E-state index contributed by atoms with van der Waals surface area (Å²) in [6.45, 7) is 1.64. The Kier molecular flexibility index (Phi) is 3.57. The normalized spacial score (nSPS) is 12.3. The first kappa shape index (κ1) is 14.8. The van der Waals surface area contributed by atoms with Crippen LogP contribution in [0, 0.1) is 0 Å². The van der Waals surface area contributed by atoms with Crippen LogP contribution in [0.3, 0.4) is 0 Å². The van der Waals surface area contributed by atoms with E-state index in [9.17, 15) is 9.59 Å². The fourth-order valence-corrected chi connectivity index (χ4v) is 2.26. The molecule has 0 saturated heterocycles. The van der Waals surface area contributed by atoms with Crippen molar-refractivity contribution >= 4 is 28.9 Å². The molecule has 0 saturated carbocycles. The number of carbonyl (C=O) groups is 2. The Balaban J connectivity index is 1.82. The van der Waals surface area contributed by atoms with Crippen LogP contribution in [0.15, 0.2) is 36.5 Å². The fraction of sp³-hybridized carbons (Fsp3) is 0.200. The highest BCUT2D eigenvalue weighted by atomic mass is 16.4. The Morgan fingerprint density at radius 3 is 2.65 bits per heavy atom. The van der Waals surface area contributed by atoms with Crippen molar-refractivity contribution in [2.24, 2.45) is 7.05 Å². The molecule has 1 atom stereocenters. The second kappa shape index (κ2) is 5.56. The molecule has 8 nitrogen and oxygen atoms in total. The van der Waals surface area contributed by atoms with Crippen molar-refractivity contribution in [3.8, 4) is 0 Å². The van der Waals surface area contributed by atoms with Gasteiger partial charge in [0, 0.05) is 13.2 Å². The summed E-state index contributed by atoms with van der Waals surface area (Å²) < 4.78 is 3.09. The molecule has 2 heterocycles. The number of fused-ring (bicyclic) bond motifs is 1. The quantitative estimate of drug-likeness (QED) is 0.763. The van der Waals surface area contributed by atoms with E-state index in [4.69, 9.17) is 5.11 Å². The molecule has 1 unspecified atom stereocenters. The third-order valence-corrected chi connectivity index (χ3v) is 3.63. The topological polar surface area (TPSA) is 102 Å². The number of hydrogen-bond acceptors (Lipinski definition) is 4. The summed E-state index contributed by atoms with van der Waals surface area (Å²) >= 11 is 0. The van der Waals surface area contributed by atoms with Crippen LogP contribution in [0.4, 0.5) is 5.95 Å². The minimum Gasteiger partial charge on any atom is -0.476 e. The second-order valence-corrected chi connectivity index (χ2v) is 5.13. The van der Waals surface area contributed by atoms with Gasteiger partial charge in [0.2, 0.25) is 5.95 Å². The number of anilines is 1. The van der Waals surface area contributed by atoms with Crippen LogP contribution in [0.2, 0.25) is 0 Å².